The molecule has 0 aliphatic carbocycles. The number of amides is 2. The first kappa shape index (κ1) is 15.6. The fourth-order valence-corrected chi connectivity index (χ4v) is 3.81. The zero-order chi connectivity index (χ0) is 16.4. The molecule has 6 heteroatoms. The molecule has 2 aromatic rings. The number of anilines is 1. The summed E-state index contributed by atoms with van der Waals surface area (Å²) in [5.41, 5.74) is 6.06. The van der Waals surface area contributed by atoms with Gasteiger partial charge in [0.1, 0.15) is 5.82 Å². The minimum atomic E-state index is -0.524. The lowest BCUT2D eigenvalue weighted by atomic mass is 10.2. The Hall–Kier alpha value is -2.34. The summed E-state index contributed by atoms with van der Waals surface area (Å²) in [5, 5.41) is -0.352. The van der Waals surface area contributed by atoms with Gasteiger partial charge in [0.2, 0.25) is 11.8 Å². The second kappa shape index (κ2) is 6.42. The van der Waals surface area contributed by atoms with E-state index in [-0.39, 0.29) is 11.2 Å². The molecule has 3 rings (SSSR count). The molecule has 23 heavy (non-hydrogen) atoms. The maximum atomic E-state index is 13.9. The van der Waals surface area contributed by atoms with Crippen molar-refractivity contribution in [1.82, 2.24) is 0 Å². The number of carbonyl (C=O) groups is 2. The van der Waals surface area contributed by atoms with E-state index in [1.165, 1.54) is 22.7 Å². The Balaban J connectivity index is 1.81. The van der Waals surface area contributed by atoms with Crippen LogP contribution in [0, 0.1) is 5.82 Å². The molecule has 0 radical (unpaired) electrons. The van der Waals surface area contributed by atoms with Crippen LogP contribution >= 0.6 is 11.8 Å². The van der Waals surface area contributed by atoms with Crippen LogP contribution in [0.25, 0.3) is 0 Å². The predicted octanol–water partition coefficient (Wildman–Crippen LogP) is 2.82. The normalized spacial score (nSPS) is 17.5. The molecular formula is C17H15FN2O2S. The summed E-state index contributed by atoms with van der Waals surface area (Å²) in [6, 6.07) is 13.2. The molecule has 2 N–H and O–H groups in total. The van der Waals surface area contributed by atoms with E-state index in [4.69, 9.17) is 5.73 Å². The molecule has 4 nitrogen and oxygen atoms in total. The maximum absolute atomic E-state index is 13.9. The number of primary amides is 1. The van der Waals surface area contributed by atoms with E-state index < -0.39 is 11.7 Å². The number of thioether (sulfide) groups is 1. The van der Waals surface area contributed by atoms with Crippen molar-refractivity contribution in [3.05, 3.63) is 59.9 Å². The van der Waals surface area contributed by atoms with Gasteiger partial charge in [0, 0.05) is 11.4 Å². The van der Waals surface area contributed by atoms with Gasteiger partial charge in [0.15, 0.2) is 0 Å². The number of hydrogen-bond donors (Lipinski definition) is 1. The standard InChI is InChI=1S/C17H15FN2O2S/c18-12-6-2-3-7-13(12)20-10-9-15(17(20)22)23-14-8-4-1-5-11(14)16(19)21/h1-8,15H,9-10H2,(H2,19,21). The molecule has 1 heterocycles. The van der Waals surface area contributed by atoms with E-state index in [0.717, 1.165) is 0 Å². The fourth-order valence-electron chi connectivity index (χ4n) is 2.60. The SMILES string of the molecule is NC(=O)c1ccccc1SC1CCN(c2ccccc2F)C1=O. The first-order chi connectivity index (χ1) is 11.1. The van der Waals surface area contributed by atoms with Crippen LogP contribution in [-0.4, -0.2) is 23.6 Å². The van der Waals surface area contributed by atoms with Gasteiger partial charge < -0.3 is 10.6 Å². The zero-order valence-electron chi connectivity index (χ0n) is 12.2. The van der Waals surface area contributed by atoms with Gasteiger partial charge >= 0.3 is 0 Å². The summed E-state index contributed by atoms with van der Waals surface area (Å²) in [5.74, 6) is -1.09. The van der Waals surface area contributed by atoms with E-state index in [1.807, 2.05) is 0 Å². The van der Waals surface area contributed by atoms with Crippen molar-refractivity contribution in [3.63, 3.8) is 0 Å². The monoisotopic (exact) mass is 330 g/mol. The zero-order valence-corrected chi connectivity index (χ0v) is 13.1. The van der Waals surface area contributed by atoms with Gasteiger partial charge in [0.05, 0.1) is 16.5 Å². The summed E-state index contributed by atoms with van der Waals surface area (Å²) in [7, 11) is 0. The van der Waals surface area contributed by atoms with Gasteiger partial charge in [-0.3, -0.25) is 9.59 Å². The van der Waals surface area contributed by atoms with Gasteiger partial charge in [-0.15, -0.1) is 11.8 Å². The van der Waals surface area contributed by atoms with E-state index >= 15 is 0 Å². The van der Waals surface area contributed by atoms with Crippen molar-refractivity contribution in [3.8, 4) is 0 Å². The molecule has 1 aliphatic rings. The highest BCUT2D eigenvalue weighted by Crippen LogP contribution is 2.35. The largest absolute Gasteiger partial charge is 0.366 e. The Labute approximate surface area is 137 Å². The number of benzene rings is 2. The average molecular weight is 330 g/mol. The van der Waals surface area contributed by atoms with Crippen molar-refractivity contribution in [2.45, 2.75) is 16.6 Å². The number of nitrogens with two attached hydrogens (primary N) is 1. The summed E-state index contributed by atoms with van der Waals surface area (Å²) >= 11 is 1.30. The number of carbonyl (C=O) groups excluding carboxylic acids is 2. The number of halogens is 1. The molecule has 1 aliphatic heterocycles. The van der Waals surface area contributed by atoms with Gasteiger partial charge in [-0.2, -0.15) is 0 Å². The van der Waals surface area contributed by atoms with Crippen LogP contribution in [0.1, 0.15) is 16.8 Å². The van der Waals surface area contributed by atoms with Crippen LogP contribution in [0.15, 0.2) is 53.4 Å². The van der Waals surface area contributed by atoms with Gasteiger partial charge in [-0.1, -0.05) is 24.3 Å². The molecule has 2 amide bonds. The third-order valence-corrected chi connectivity index (χ3v) is 5.05. The summed E-state index contributed by atoms with van der Waals surface area (Å²) in [6.07, 6.45) is 0.588. The first-order valence-electron chi connectivity index (χ1n) is 7.19. The van der Waals surface area contributed by atoms with E-state index in [2.05, 4.69) is 0 Å². The summed E-state index contributed by atoms with van der Waals surface area (Å²) in [6.45, 7) is 0.455. The molecule has 0 aromatic heterocycles. The molecular weight excluding hydrogens is 315 g/mol. The highest BCUT2D eigenvalue weighted by molar-refractivity contribution is 8.00. The summed E-state index contributed by atoms with van der Waals surface area (Å²) in [4.78, 5) is 26.2. The smallest absolute Gasteiger partial charge is 0.249 e. The van der Waals surface area contributed by atoms with Crippen molar-refractivity contribution >= 4 is 29.3 Å². The highest BCUT2D eigenvalue weighted by Gasteiger charge is 2.34. The minimum absolute atomic E-state index is 0.153. The van der Waals surface area contributed by atoms with Crippen LogP contribution in [0.3, 0.4) is 0 Å². The Morgan fingerprint density at radius 1 is 1.17 bits per heavy atom. The molecule has 0 saturated carbocycles. The van der Waals surface area contributed by atoms with Crippen LogP contribution in [0.4, 0.5) is 10.1 Å². The highest BCUT2D eigenvalue weighted by atomic mass is 32.2. The third-order valence-electron chi connectivity index (χ3n) is 3.72. The molecule has 1 unspecified atom stereocenters. The Kier molecular flexibility index (Phi) is 4.34. The lowest BCUT2D eigenvalue weighted by molar-refractivity contribution is -0.116. The predicted molar refractivity (Wildman–Crippen MR) is 88.0 cm³/mol. The third kappa shape index (κ3) is 3.07. The van der Waals surface area contributed by atoms with Gasteiger partial charge in [-0.05, 0) is 30.7 Å². The molecule has 118 valence electrons. The van der Waals surface area contributed by atoms with Crippen LogP contribution in [0.5, 0.6) is 0 Å². The second-order valence-electron chi connectivity index (χ2n) is 5.20. The molecule has 0 bridgehead atoms. The topological polar surface area (TPSA) is 63.4 Å². The van der Waals surface area contributed by atoms with Gasteiger partial charge in [0.25, 0.3) is 0 Å². The van der Waals surface area contributed by atoms with Crippen LogP contribution < -0.4 is 10.6 Å². The summed E-state index contributed by atoms with van der Waals surface area (Å²) < 4.78 is 13.9. The number of para-hydroxylation sites is 1. The first-order valence-corrected chi connectivity index (χ1v) is 8.07. The Morgan fingerprint density at radius 3 is 2.61 bits per heavy atom. The van der Waals surface area contributed by atoms with Crippen molar-refractivity contribution < 1.29 is 14.0 Å². The second-order valence-corrected chi connectivity index (χ2v) is 6.44. The fraction of sp³-hybridized carbons (Fsp3) is 0.176. The van der Waals surface area contributed by atoms with Crippen molar-refractivity contribution in [2.75, 3.05) is 11.4 Å². The number of rotatable bonds is 4. The van der Waals surface area contributed by atoms with Crippen molar-refractivity contribution in [2.24, 2.45) is 5.73 Å². The van der Waals surface area contributed by atoms with Gasteiger partial charge in [-0.25, -0.2) is 4.39 Å². The number of nitrogens with zero attached hydrogens (tertiary/aromatic N) is 1. The van der Waals surface area contributed by atoms with Crippen LogP contribution in [-0.2, 0) is 4.79 Å². The molecule has 0 spiro atoms. The van der Waals surface area contributed by atoms with E-state index in [1.54, 1.807) is 42.5 Å². The van der Waals surface area contributed by atoms with E-state index in [0.29, 0.717) is 29.1 Å². The lowest BCUT2D eigenvalue weighted by Crippen LogP contribution is -2.28. The lowest BCUT2D eigenvalue weighted by Gasteiger charge is -2.17. The van der Waals surface area contributed by atoms with E-state index in [9.17, 15) is 14.0 Å². The number of hydrogen-bond acceptors (Lipinski definition) is 3. The Morgan fingerprint density at radius 2 is 1.87 bits per heavy atom. The molecule has 2 aromatic carbocycles. The molecule has 1 saturated heterocycles. The molecule has 1 fully saturated rings. The Bertz CT molecular complexity index is 766. The minimum Gasteiger partial charge on any atom is -0.366 e. The quantitative estimate of drug-likeness (QED) is 0.937. The average Bonchev–Trinajstić information content (AvgIpc) is 2.89. The van der Waals surface area contributed by atoms with Crippen molar-refractivity contribution in [1.29, 1.82) is 0 Å². The maximum Gasteiger partial charge on any atom is 0.249 e. The van der Waals surface area contributed by atoms with Crippen LogP contribution in [0.2, 0.25) is 0 Å². The molecule has 1 atom stereocenters.